The van der Waals surface area contributed by atoms with Crippen molar-refractivity contribution in [2.75, 3.05) is 55.4 Å². The third-order valence-electron chi connectivity index (χ3n) is 6.40. The summed E-state index contributed by atoms with van der Waals surface area (Å²) in [6, 6.07) is 8.62. The number of nitrogens with one attached hydrogen (secondary N) is 2. The van der Waals surface area contributed by atoms with Gasteiger partial charge >= 0.3 is 6.09 Å². The fraction of sp³-hybridized carbons (Fsp3) is 0.333. The normalized spacial score (nSPS) is 19.8. The summed E-state index contributed by atoms with van der Waals surface area (Å²) in [6.07, 6.45) is 0.424. The fourth-order valence-electron chi connectivity index (χ4n) is 4.65. The molecule has 2 N–H and O–H groups in total. The fourth-order valence-corrected chi connectivity index (χ4v) is 4.65. The molecule has 12 heteroatoms. The van der Waals surface area contributed by atoms with E-state index in [1.54, 1.807) is 35.2 Å². The molecule has 3 aromatic rings. The average molecular weight is 494 g/mol. The Labute approximate surface area is 205 Å². The van der Waals surface area contributed by atoms with Crippen molar-refractivity contribution in [3.05, 3.63) is 42.3 Å². The van der Waals surface area contributed by atoms with Gasteiger partial charge in [0.05, 0.1) is 37.1 Å². The van der Waals surface area contributed by atoms with E-state index in [2.05, 4.69) is 25.5 Å². The molecule has 186 valence electrons. The van der Waals surface area contributed by atoms with Gasteiger partial charge in [-0.1, -0.05) is 0 Å². The molecule has 0 radical (unpaired) electrons. The molecule has 0 spiro atoms. The van der Waals surface area contributed by atoms with E-state index in [9.17, 15) is 14.0 Å². The number of anilines is 3. The lowest BCUT2D eigenvalue weighted by atomic mass is 10.1. The number of nitrogens with zero attached hydrogens (tertiary/aromatic N) is 4. The van der Waals surface area contributed by atoms with E-state index in [1.165, 1.54) is 13.3 Å². The SMILES string of the molecule is COc1ccc2ncc(F)c(NC3CN(C[C@@H]4CN(c5ccc6c(c5)NC(=O)CO6)C(=O)O4)C3)c2n1. The Bertz CT molecular complexity index is 1360. The molecule has 1 aromatic carbocycles. The number of hydrogen-bond donors (Lipinski definition) is 2. The summed E-state index contributed by atoms with van der Waals surface area (Å²) in [6.45, 7) is 2.22. The Balaban J connectivity index is 1.07. The third-order valence-corrected chi connectivity index (χ3v) is 6.40. The van der Waals surface area contributed by atoms with Crippen molar-refractivity contribution >= 4 is 40.1 Å². The highest BCUT2D eigenvalue weighted by Gasteiger charge is 2.37. The number of carbonyl (C=O) groups excluding carboxylic acids is 2. The van der Waals surface area contributed by atoms with Crippen LogP contribution in [0.25, 0.3) is 11.0 Å². The minimum absolute atomic E-state index is 0.00978. The van der Waals surface area contributed by atoms with Crippen molar-refractivity contribution < 1.29 is 28.2 Å². The molecule has 2 saturated heterocycles. The maximum atomic E-state index is 14.6. The second-order valence-electron chi connectivity index (χ2n) is 8.90. The highest BCUT2D eigenvalue weighted by atomic mass is 19.1. The van der Waals surface area contributed by atoms with E-state index in [1.807, 2.05) is 0 Å². The molecule has 2 aromatic heterocycles. The van der Waals surface area contributed by atoms with Crippen molar-refractivity contribution in [1.82, 2.24) is 14.9 Å². The Morgan fingerprint density at radius 2 is 2.08 bits per heavy atom. The predicted octanol–water partition coefficient (Wildman–Crippen LogP) is 2.23. The van der Waals surface area contributed by atoms with Gasteiger partial charge in [-0.05, 0) is 24.3 Å². The number of carbonyl (C=O) groups is 2. The van der Waals surface area contributed by atoms with E-state index < -0.39 is 11.9 Å². The molecule has 36 heavy (non-hydrogen) atoms. The molecular formula is C24H23FN6O5. The van der Waals surface area contributed by atoms with E-state index in [4.69, 9.17) is 14.2 Å². The van der Waals surface area contributed by atoms with E-state index in [0.29, 0.717) is 65.9 Å². The number of rotatable bonds is 6. The second-order valence-corrected chi connectivity index (χ2v) is 8.90. The zero-order chi connectivity index (χ0) is 24.8. The molecule has 0 aliphatic carbocycles. The van der Waals surface area contributed by atoms with Gasteiger partial charge in [0.1, 0.15) is 23.1 Å². The monoisotopic (exact) mass is 494 g/mol. The Morgan fingerprint density at radius 3 is 2.92 bits per heavy atom. The first-order valence-corrected chi connectivity index (χ1v) is 11.5. The van der Waals surface area contributed by atoms with Crippen LogP contribution in [0.5, 0.6) is 11.6 Å². The number of pyridine rings is 2. The van der Waals surface area contributed by atoms with E-state index in [0.717, 1.165) is 0 Å². The van der Waals surface area contributed by atoms with Gasteiger partial charge in [0.25, 0.3) is 5.91 Å². The highest BCUT2D eigenvalue weighted by molar-refractivity contribution is 5.97. The van der Waals surface area contributed by atoms with Crippen LogP contribution < -0.4 is 25.0 Å². The van der Waals surface area contributed by atoms with Crippen LogP contribution in [0.3, 0.4) is 0 Å². The summed E-state index contributed by atoms with van der Waals surface area (Å²) in [5.74, 6) is 0.231. The maximum absolute atomic E-state index is 14.6. The first kappa shape index (κ1) is 22.3. The van der Waals surface area contributed by atoms with Gasteiger partial charge in [-0.3, -0.25) is 19.6 Å². The maximum Gasteiger partial charge on any atom is 0.414 e. The Hall–Kier alpha value is -4.19. The zero-order valence-corrected chi connectivity index (χ0v) is 19.4. The van der Waals surface area contributed by atoms with Gasteiger partial charge in [0.15, 0.2) is 12.4 Å². The lowest BCUT2D eigenvalue weighted by molar-refractivity contribution is -0.118. The van der Waals surface area contributed by atoms with Crippen LogP contribution in [0, 0.1) is 5.82 Å². The molecule has 1 atom stereocenters. The van der Waals surface area contributed by atoms with E-state index >= 15 is 0 Å². The molecule has 0 saturated carbocycles. The molecule has 11 nitrogen and oxygen atoms in total. The van der Waals surface area contributed by atoms with Gasteiger partial charge in [-0.2, -0.15) is 0 Å². The molecule has 5 heterocycles. The van der Waals surface area contributed by atoms with Crippen LogP contribution in [-0.2, 0) is 9.53 Å². The van der Waals surface area contributed by atoms with Gasteiger partial charge in [0, 0.05) is 31.4 Å². The number of methoxy groups -OCH3 is 1. The number of likely N-dealkylation sites (tertiary alicyclic amines) is 1. The summed E-state index contributed by atoms with van der Waals surface area (Å²) in [7, 11) is 1.51. The molecular weight excluding hydrogens is 471 g/mol. The number of halogens is 1. The summed E-state index contributed by atoms with van der Waals surface area (Å²) in [5, 5.41) is 5.98. The lowest BCUT2D eigenvalue weighted by Crippen LogP contribution is -2.57. The summed E-state index contributed by atoms with van der Waals surface area (Å²) >= 11 is 0. The number of hydrogen-bond acceptors (Lipinski definition) is 9. The van der Waals surface area contributed by atoms with Crippen molar-refractivity contribution in [3.8, 4) is 11.6 Å². The highest BCUT2D eigenvalue weighted by Crippen LogP contribution is 2.34. The number of cyclic esters (lactones) is 1. The van der Waals surface area contributed by atoms with Crippen LogP contribution in [0.4, 0.5) is 26.2 Å². The lowest BCUT2D eigenvalue weighted by Gasteiger charge is -2.40. The smallest absolute Gasteiger partial charge is 0.414 e. The van der Waals surface area contributed by atoms with Crippen LogP contribution in [0.2, 0.25) is 0 Å². The molecule has 3 aliphatic heterocycles. The first-order valence-electron chi connectivity index (χ1n) is 11.5. The van der Waals surface area contributed by atoms with Crippen molar-refractivity contribution in [3.63, 3.8) is 0 Å². The topological polar surface area (TPSA) is 118 Å². The van der Waals surface area contributed by atoms with Crippen LogP contribution >= 0.6 is 0 Å². The van der Waals surface area contributed by atoms with Gasteiger partial charge in [0.2, 0.25) is 5.88 Å². The van der Waals surface area contributed by atoms with Crippen LogP contribution in [0.15, 0.2) is 36.5 Å². The molecule has 2 fully saturated rings. The number of aromatic nitrogens is 2. The van der Waals surface area contributed by atoms with Crippen LogP contribution in [0.1, 0.15) is 0 Å². The van der Waals surface area contributed by atoms with Crippen molar-refractivity contribution in [1.29, 1.82) is 0 Å². The summed E-state index contributed by atoms with van der Waals surface area (Å²) in [4.78, 5) is 36.2. The molecule has 3 aliphatic rings. The number of fused-ring (bicyclic) bond motifs is 2. The van der Waals surface area contributed by atoms with Crippen LogP contribution in [-0.4, -0.2) is 78.9 Å². The molecule has 6 rings (SSSR count). The zero-order valence-electron chi connectivity index (χ0n) is 19.4. The average Bonchev–Trinajstić information content (AvgIpc) is 3.23. The van der Waals surface area contributed by atoms with Gasteiger partial charge in [-0.15, -0.1) is 0 Å². The van der Waals surface area contributed by atoms with Gasteiger partial charge in [-0.25, -0.2) is 14.2 Å². The minimum Gasteiger partial charge on any atom is -0.482 e. The Kier molecular flexibility index (Phi) is 5.44. The van der Waals surface area contributed by atoms with Crippen molar-refractivity contribution in [2.45, 2.75) is 12.1 Å². The quantitative estimate of drug-likeness (QED) is 0.532. The first-order chi connectivity index (χ1) is 17.5. The minimum atomic E-state index is -0.478. The molecule has 0 unspecified atom stereocenters. The Morgan fingerprint density at radius 1 is 1.22 bits per heavy atom. The third kappa shape index (κ3) is 4.09. The van der Waals surface area contributed by atoms with Crippen molar-refractivity contribution in [2.24, 2.45) is 0 Å². The number of benzene rings is 1. The number of amides is 2. The predicted molar refractivity (Wildman–Crippen MR) is 128 cm³/mol. The molecule has 2 amide bonds. The largest absolute Gasteiger partial charge is 0.482 e. The summed E-state index contributed by atoms with van der Waals surface area (Å²) < 4.78 is 30.7. The number of ether oxygens (including phenoxy) is 3. The second kappa shape index (κ2) is 8.79. The molecule has 0 bridgehead atoms. The van der Waals surface area contributed by atoms with E-state index in [-0.39, 0.29) is 24.7 Å². The summed E-state index contributed by atoms with van der Waals surface area (Å²) in [5.41, 5.74) is 2.44. The standard InChI is InChI=1S/C24H23FN6O5/c1-34-21-5-3-17-23(29-21)22(16(25)7-26-17)27-13-8-30(9-13)10-15-11-31(24(33)36-15)14-2-4-19-18(6-14)28-20(32)12-35-19/h2-7,13,15H,8-12H2,1H3,(H,26,27)(H,28,32)/t15-/m1/s1. The van der Waals surface area contributed by atoms with Gasteiger partial charge < -0.3 is 24.8 Å².